The van der Waals surface area contributed by atoms with E-state index in [2.05, 4.69) is 27.3 Å². The van der Waals surface area contributed by atoms with Crippen LogP contribution in [-0.4, -0.2) is 18.2 Å². The molecular formula is C10H12BrNO. The van der Waals surface area contributed by atoms with E-state index in [9.17, 15) is 5.11 Å². The quantitative estimate of drug-likeness (QED) is 0.724. The number of halogens is 1. The van der Waals surface area contributed by atoms with E-state index >= 15 is 0 Å². The van der Waals surface area contributed by atoms with E-state index in [1.54, 1.807) is 0 Å². The summed E-state index contributed by atoms with van der Waals surface area (Å²) in [6.07, 6.45) is 0.634. The maximum absolute atomic E-state index is 9.78. The van der Waals surface area contributed by atoms with Gasteiger partial charge >= 0.3 is 0 Å². The Morgan fingerprint density at radius 3 is 3.15 bits per heavy atom. The summed E-state index contributed by atoms with van der Waals surface area (Å²) in [6, 6.07) is 6.11. The molecule has 0 saturated carbocycles. The van der Waals surface area contributed by atoms with E-state index in [0.29, 0.717) is 6.54 Å². The van der Waals surface area contributed by atoms with Gasteiger partial charge in [0.25, 0.3) is 0 Å². The van der Waals surface area contributed by atoms with Crippen molar-refractivity contribution in [1.29, 1.82) is 0 Å². The summed E-state index contributed by atoms with van der Waals surface area (Å²) >= 11 is 3.41. The highest BCUT2D eigenvalue weighted by Crippen LogP contribution is 2.24. The van der Waals surface area contributed by atoms with Crippen LogP contribution in [0, 0.1) is 0 Å². The third-order valence-corrected chi connectivity index (χ3v) is 2.87. The van der Waals surface area contributed by atoms with Crippen LogP contribution in [0.2, 0.25) is 0 Å². The lowest BCUT2D eigenvalue weighted by atomic mass is 10.0. The first-order valence-electron chi connectivity index (χ1n) is 4.44. The lowest BCUT2D eigenvalue weighted by molar-refractivity contribution is 0.178. The predicted molar refractivity (Wildman–Crippen MR) is 55.7 cm³/mol. The monoisotopic (exact) mass is 241 g/mol. The van der Waals surface area contributed by atoms with Crippen molar-refractivity contribution in [2.75, 3.05) is 13.1 Å². The molecule has 1 aliphatic rings. The Morgan fingerprint density at radius 2 is 2.31 bits per heavy atom. The van der Waals surface area contributed by atoms with Crippen LogP contribution in [0.25, 0.3) is 0 Å². The number of hydrogen-bond donors (Lipinski definition) is 2. The number of hydrogen-bond acceptors (Lipinski definition) is 2. The predicted octanol–water partition coefficient (Wildman–Crippen LogP) is 1.63. The summed E-state index contributed by atoms with van der Waals surface area (Å²) in [5.74, 6) is 0. The SMILES string of the molecule is OC1CNCCc2ccc(Br)cc21. The van der Waals surface area contributed by atoms with Crippen LogP contribution in [-0.2, 0) is 6.42 Å². The third kappa shape index (κ3) is 1.93. The minimum atomic E-state index is -0.366. The summed E-state index contributed by atoms with van der Waals surface area (Å²) in [5, 5.41) is 13.0. The van der Waals surface area contributed by atoms with Crippen LogP contribution < -0.4 is 5.32 Å². The number of nitrogens with one attached hydrogen (secondary N) is 1. The van der Waals surface area contributed by atoms with Gasteiger partial charge in [-0.15, -0.1) is 0 Å². The number of benzene rings is 1. The van der Waals surface area contributed by atoms with Crippen LogP contribution >= 0.6 is 15.9 Å². The molecule has 0 bridgehead atoms. The molecular weight excluding hydrogens is 230 g/mol. The van der Waals surface area contributed by atoms with Crippen molar-refractivity contribution in [2.45, 2.75) is 12.5 Å². The van der Waals surface area contributed by atoms with Crippen LogP contribution in [0.3, 0.4) is 0 Å². The van der Waals surface area contributed by atoms with Gasteiger partial charge in [0.05, 0.1) is 6.10 Å². The van der Waals surface area contributed by atoms with Crippen LogP contribution in [0.4, 0.5) is 0 Å². The standard InChI is InChI=1S/C10H12BrNO/c11-8-2-1-7-3-4-12-6-10(13)9(7)5-8/h1-2,5,10,12-13H,3-4,6H2. The summed E-state index contributed by atoms with van der Waals surface area (Å²) in [5.41, 5.74) is 2.31. The Balaban J connectivity index is 2.43. The maximum atomic E-state index is 9.78. The van der Waals surface area contributed by atoms with Gasteiger partial charge in [-0.3, -0.25) is 0 Å². The van der Waals surface area contributed by atoms with Gasteiger partial charge in [-0.25, -0.2) is 0 Å². The number of rotatable bonds is 0. The molecule has 0 saturated heterocycles. The Hall–Kier alpha value is -0.380. The van der Waals surface area contributed by atoms with Crippen molar-refractivity contribution in [3.63, 3.8) is 0 Å². The Bertz CT molecular complexity index is 314. The van der Waals surface area contributed by atoms with Gasteiger partial charge < -0.3 is 10.4 Å². The second-order valence-corrected chi connectivity index (χ2v) is 4.23. The van der Waals surface area contributed by atoms with Gasteiger partial charge in [0, 0.05) is 11.0 Å². The highest BCUT2D eigenvalue weighted by atomic mass is 79.9. The largest absolute Gasteiger partial charge is 0.387 e. The molecule has 0 aromatic heterocycles. The minimum Gasteiger partial charge on any atom is -0.387 e. The molecule has 1 aromatic carbocycles. The number of β-amino-alcohol motifs (C(OH)–C–C–N with tert-alkyl or cyclic N) is 1. The number of aliphatic hydroxyl groups is 1. The van der Waals surface area contributed by atoms with E-state index in [1.807, 2.05) is 12.1 Å². The average molecular weight is 242 g/mol. The first-order chi connectivity index (χ1) is 6.27. The molecule has 1 aromatic rings. The van der Waals surface area contributed by atoms with Crippen molar-refractivity contribution in [3.05, 3.63) is 33.8 Å². The van der Waals surface area contributed by atoms with Crippen molar-refractivity contribution in [2.24, 2.45) is 0 Å². The fourth-order valence-electron chi connectivity index (χ4n) is 1.68. The lowest BCUT2D eigenvalue weighted by Gasteiger charge is -2.11. The zero-order chi connectivity index (χ0) is 9.26. The summed E-state index contributed by atoms with van der Waals surface area (Å²) in [6.45, 7) is 1.61. The van der Waals surface area contributed by atoms with E-state index in [-0.39, 0.29) is 6.10 Å². The first kappa shape index (κ1) is 9.19. The van der Waals surface area contributed by atoms with Gasteiger partial charge in [-0.2, -0.15) is 0 Å². The number of fused-ring (bicyclic) bond motifs is 1. The van der Waals surface area contributed by atoms with Crippen molar-refractivity contribution in [3.8, 4) is 0 Å². The fraction of sp³-hybridized carbons (Fsp3) is 0.400. The topological polar surface area (TPSA) is 32.3 Å². The highest BCUT2D eigenvalue weighted by Gasteiger charge is 2.15. The second-order valence-electron chi connectivity index (χ2n) is 3.31. The molecule has 1 aliphatic heterocycles. The summed E-state index contributed by atoms with van der Waals surface area (Å²) < 4.78 is 1.03. The van der Waals surface area contributed by atoms with E-state index in [0.717, 1.165) is 23.0 Å². The molecule has 2 N–H and O–H groups in total. The number of aliphatic hydroxyl groups excluding tert-OH is 1. The third-order valence-electron chi connectivity index (χ3n) is 2.38. The van der Waals surface area contributed by atoms with Gasteiger partial charge in [-0.1, -0.05) is 22.0 Å². The van der Waals surface area contributed by atoms with Gasteiger partial charge in [0.2, 0.25) is 0 Å². The molecule has 3 heteroatoms. The molecule has 13 heavy (non-hydrogen) atoms. The molecule has 2 nitrogen and oxygen atoms in total. The molecule has 0 amide bonds. The van der Waals surface area contributed by atoms with Crippen molar-refractivity contribution >= 4 is 15.9 Å². The molecule has 1 heterocycles. The van der Waals surface area contributed by atoms with E-state index in [4.69, 9.17) is 0 Å². The average Bonchev–Trinajstić information content (AvgIpc) is 2.29. The zero-order valence-electron chi connectivity index (χ0n) is 7.26. The molecule has 0 spiro atoms. The second kappa shape index (κ2) is 3.78. The fourth-order valence-corrected chi connectivity index (χ4v) is 2.05. The van der Waals surface area contributed by atoms with Gasteiger partial charge in [0.15, 0.2) is 0 Å². The summed E-state index contributed by atoms with van der Waals surface area (Å²) in [4.78, 5) is 0. The smallest absolute Gasteiger partial charge is 0.0917 e. The van der Waals surface area contributed by atoms with Crippen LogP contribution in [0.1, 0.15) is 17.2 Å². The van der Waals surface area contributed by atoms with Crippen molar-refractivity contribution in [1.82, 2.24) is 5.32 Å². The van der Waals surface area contributed by atoms with Crippen LogP contribution in [0.15, 0.2) is 22.7 Å². The summed E-state index contributed by atoms with van der Waals surface area (Å²) in [7, 11) is 0. The Morgan fingerprint density at radius 1 is 1.46 bits per heavy atom. The Kier molecular flexibility index (Phi) is 2.67. The van der Waals surface area contributed by atoms with Gasteiger partial charge in [-0.05, 0) is 36.2 Å². The highest BCUT2D eigenvalue weighted by molar-refractivity contribution is 9.10. The molecule has 0 radical (unpaired) electrons. The first-order valence-corrected chi connectivity index (χ1v) is 5.24. The minimum absolute atomic E-state index is 0.366. The molecule has 70 valence electrons. The van der Waals surface area contributed by atoms with E-state index in [1.165, 1.54) is 5.56 Å². The van der Waals surface area contributed by atoms with E-state index < -0.39 is 0 Å². The van der Waals surface area contributed by atoms with Gasteiger partial charge in [0.1, 0.15) is 0 Å². The normalized spacial score (nSPS) is 22.2. The zero-order valence-corrected chi connectivity index (χ0v) is 8.84. The van der Waals surface area contributed by atoms with Crippen molar-refractivity contribution < 1.29 is 5.11 Å². The Labute approximate surface area is 86.1 Å². The molecule has 0 aliphatic carbocycles. The maximum Gasteiger partial charge on any atom is 0.0917 e. The lowest BCUT2D eigenvalue weighted by Crippen LogP contribution is -2.19. The molecule has 0 fully saturated rings. The molecule has 1 atom stereocenters. The molecule has 1 unspecified atom stereocenters. The molecule has 2 rings (SSSR count). The van der Waals surface area contributed by atoms with Crippen LogP contribution in [0.5, 0.6) is 0 Å².